The largest absolute Gasteiger partial charge is 0.341 e. The van der Waals surface area contributed by atoms with Crippen LogP contribution in [0, 0.1) is 0 Å². The predicted molar refractivity (Wildman–Crippen MR) is 106 cm³/mol. The SMILES string of the molecule is O=C(Cn1c(=O)n(CCc2ccccc2)c(=O)c2ncccc21)N1CCCC1. The van der Waals surface area contributed by atoms with Gasteiger partial charge in [0.1, 0.15) is 6.54 Å². The molecule has 7 nitrogen and oxygen atoms in total. The van der Waals surface area contributed by atoms with Crippen LogP contribution in [0.15, 0.2) is 58.3 Å². The van der Waals surface area contributed by atoms with Gasteiger partial charge >= 0.3 is 5.69 Å². The Hall–Kier alpha value is -3.22. The average molecular weight is 378 g/mol. The molecule has 0 radical (unpaired) electrons. The first kappa shape index (κ1) is 18.2. The molecule has 1 aliphatic heterocycles. The van der Waals surface area contributed by atoms with Gasteiger partial charge in [0.2, 0.25) is 5.91 Å². The Morgan fingerprint density at radius 1 is 0.964 bits per heavy atom. The number of aromatic nitrogens is 3. The summed E-state index contributed by atoms with van der Waals surface area (Å²) in [5.41, 5.74) is 0.774. The van der Waals surface area contributed by atoms with E-state index in [0.717, 1.165) is 31.5 Å². The minimum atomic E-state index is -0.464. The third-order valence-electron chi connectivity index (χ3n) is 5.21. The number of hydrogen-bond acceptors (Lipinski definition) is 4. The monoisotopic (exact) mass is 378 g/mol. The zero-order chi connectivity index (χ0) is 19.5. The van der Waals surface area contributed by atoms with Gasteiger partial charge in [-0.1, -0.05) is 30.3 Å². The number of benzene rings is 1. The first-order valence-electron chi connectivity index (χ1n) is 9.55. The molecule has 0 spiro atoms. The summed E-state index contributed by atoms with van der Waals surface area (Å²) < 4.78 is 2.58. The van der Waals surface area contributed by atoms with Crippen molar-refractivity contribution < 1.29 is 4.79 Å². The fourth-order valence-corrected chi connectivity index (χ4v) is 3.68. The molecule has 3 heterocycles. The third kappa shape index (κ3) is 3.47. The number of nitrogens with zero attached hydrogens (tertiary/aromatic N) is 4. The Morgan fingerprint density at radius 3 is 2.46 bits per heavy atom. The summed E-state index contributed by atoms with van der Waals surface area (Å²) in [5.74, 6) is -0.0991. The van der Waals surface area contributed by atoms with Gasteiger partial charge in [-0.2, -0.15) is 0 Å². The molecule has 1 aliphatic rings. The Bertz CT molecular complexity index is 1110. The highest BCUT2D eigenvalue weighted by atomic mass is 16.2. The second kappa shape index (κ2) is 7.80. The van der Waals surface area contributed by atoms with Gasteiger partial charge in [-0.05, 0) is 37.0 Å². The quantitative estimate of drug-likeness (QED) is 0.673. The molecule has 1 fully saturated rings. The third-order valence-corrected chi connectivity index (χ3v) is 5.21. The first-order chi connectivity index (χ1) is 13.6. The van der Waals surface area contributed by atoms with Crippen LogP contribution in [0.25, 0.3) is 11.0 Å². The highest BCUT2D eigenvalue weighted by Crippen LogP contribution is 2.10. The molecule has 1 saturated heterocycles. The standard InChI is InChI=1S/C21H22N4O3/c26-18(23-12-4-5-13-23)15-25-17-9-6-11-22-19(17)20(27)24(21(25)28)14-10-16-7-2-1-3-8-16/h1-3,6-9,11H,4-5,10,12-15H2. The molecular weight excluding hydrogens is 356 g/mol. The van der Waals surface area contributed by atoms with Crippen molar-refractivity contribution in [2.24, 2.45) is 0 Å². The van der Waals surface area contributed by atoms with Crippen molar-refractivity contribution in [2.45, 2.75) is 32.4 Å². The van der Waals surface area contributed by atoms with Gasteiger partial charge in [-0.3, -0.25) is 18.7 Å². The lowest BCUT2D eigenvalue weighted by Gasteiger charge is -2.18. The van der Waals surface area contributed by atoms with E-state index in [1.165, 1.54) is 15.3 Å². The maximum absolute atomic E-state index is 13.1. The summed E-state index contributed by atoms with van der Waals surface area (Å²) in [6, 6.07) is 13.0. The van der Waals surface area contributed by atoms with Gasteiger partial charge in [0.25, 0.3) is 5.56 Å². The van der Waals surface area contributed by atoms with E-state index in [-0.39, 0.29) is 24.5 Å². The van der Waals surface area contributed by atoms with Gasteiger partial charge < -0.3 is 4.90 Å². The summed E-state index contributed by atoms with van der Waals surface area (Å²) in [4.78, 5) is 44.6. The summed E-state index contributed by atoms with van der Waals surface area (Å²) in [6.07, 6.45) is 4.05. The van der Waals surface area contributed by atoms with E-state index in [4.69, 9.17) is 0 Å². The zero-order valence-electron chi connectivity index (χ0n) is 15.6. The smallest absolute Gasteiger partial charge is 0.332 e. The molecule has 2 aromatic heterocycles. The average Bonchev–Trinajstić information content (AvgIpc) is 3.27. The predicted octanol–water partition coefficient (Wildman–Crippen LogP) is 1.42. The molecule has 0 bridgehead atoms. The Morgan fingerprint density at radius 2 is 1.71 bits per heavy atom. The van der Waals surface area contributed by atoms with Crippen molar-refractivity contribution in [3.05, 3.63) is 75.1 Å². The molecule has 0 aliphatic carbocycles. The minimum Gasteiger partial charge on any atom is -0.341 e. The summed E-state index contributed by atoms with van der Waals surface area (Å²) in [5, 5.41) is 0. The van der Waals surface area contributed by atoms with Crippen LogP contribution >= 0.6 is 0 Å². The lowest BCUT2D eigenvalue weighted by molar-refractivity contribution is -0.130. The van der Waals surface area contributed by atoms with Gasteiger partial charge in [-0.15, -0.1) is 0 Å². The zero-order valence-corrected chi connectivity index (χ0v) is 15.6. The van der Waals surface area contributed by atoms with E-state index < -0.39 is 11.2 Å². The molecule has 144 valence electrons. The van der Waals surface area contributed by atoms with E-state index in [9.17, 15) is 14.4 Å². The van der Waals surface area contributed by atoms with E-state index in [1.807, 2.05) is 30.3 Å². The number of amides is 1. The maximum atomic E-state index is 13.1. The Balaban J connectivity index is 1.74. The van der Waals surface area contributed by atoms with Crippen molar-refractivity contribution in [2.75, 3.05) is 13.1 Å². The minimum absolute atomic E-state index is 0.0767. The van der Waals surface area contributed by atoms with Gasteiger partial charge in [0.15, 0.2) is 5.52 Å². The van der Waals surface area contributed by atoms with Crippen LogP contribution in [0.1, 0.15) is 18.4 Å². The lowest BCUT2D eigenvalue weighted by Crippen LogP contribution is -2.43. The first-order valence-corrected chi connectivity index (χ1v) is 9.55. The van der Waals surface area contributed by atoms with Crippen LogP contribution in [0.2, 0.25) is 0 Å². The van der Waals surface area contributed by atoms with E-state index >= 15 is 0 Å². The number of likely N-dealkylation sites (tertiary alicyclic amines) is 1. The lowest BCUT2D eigenvalue weighted by atomic mass is 10.1. The fraction of sp³-hybridized carbons (Fsp3) is 0.333. The van der Waals surface area contributed by atoms with Gasteiger partial charge in [0, 0.05) is 25.8 Å². The number of fused-ring (bicyclic) bond motifs is 1. The molecule has 1 amide bonds. The van der Waals surface area contributed by atoms with E-state index in [1.54, 1.807) is 17.0 Å². The Kier molecular flexibility index (Phi) is 5.06. The van der Waals surface area contributed by atoms with Crippen molar-refractivity contribution in [1.29, 1.82) is 0 Å². The van der Waals surface area contributed by atoms with Gasteiger partial charge in [-0.25, -0.2) is 9.78 Å². The molecule has 4 rings (SSSR count). The summed E-state index contributed by atoms with van der Waals surface area (Å²) in [7, 11) is 0. The molecule has 0 N–H and O–H groups in total. The van der Waals surface area contributed by atoms with Gasteiger partial charge in [0.05, 0.1) is 5.52 Å². The normalized spacial score (nSPS) is 13.9. The van der Waals surface area contributed by atoms with Crippen LogP contribution < -0.4 is 11.2 Å². The second-order valence-corrected chi connectivity index (χ2v) is 7.02. The molecule has 1 aromatic carbocycles. The second-order valence-electron chi connectivity index (χ2n) is 7.02. The Labute approximate surface area is 161 Å². The van der Waals surface area contributed by atoms with Crippen molar-refractivity contribution in [3.8, 4) is 0 Å². The number of carbonyl (C=O) groups excluding carboxylic acids is 1. The molecule has 0 unspecified atom stereocenters. The summed E-state index contributed by atoms with van der Waals surface area (Å²) in [6.45, 7) is 1.60. The highest BCUT2D eigenvalue weighted by molar-refractivity contribution is 5.79. The number of rotatable bonds is 5. The highest BCUT2D eigenvalue weighted by Gasteiger charge is 2.21. The fourth-order valence-electron chi connectivity index (χ4n) is 3.68. The molecule has 0 atom stereocenters. The van der Waals surface area contributed by atoms with Crippen molar-refractivity contribution in [3.63, 3.8) is 0 Å². The molecular formula is C21H22N4O3. The number of carbonyl (C=O) groups is 1. The maximum Gasteiger partial charge on any atom is 0.332 e. The molecule has 28 heavy (non-hydrogen) atoms. The van der Waals surface area contributed by atoms with Crippen LogP contribution in [0.4, 0.5) is 0 Å². The van der Waals surface area contributed by atoms with Crippen LogP contribution in [-0.4, -0.2) is 38.0 Å². The van der Waals surface area contributed by atoms with E-state index in [2.05, 4.69) is 4.98 Å². The van der Waals surface area contributed by atoms with E-state index in [0.29, 0.717) is 11.9 Å². The summed E-state index contributed by atoms with van der Waals surface area (Å²) >= 11 is 0. The number of aryl methyl sites for hydroxylation is 1. The number of pyridine rings is 1. The molecule has 3 aromatic rings. The number of hydrogen-bond donors (Lipinski definition) is 0. The molecule has 7 heteroatoms. The molecule has 0 saturated carbocycles. The van der Waals surface area contributed by atoms with Crippen LogP contribution in [-0.2, 0) is 24.3 Å². The van der Waals surface area contributed by atoms with Crippen LogP contribution in [0.5, 0.6) is 0 Å². The topological polar surface area (TPSA) is 77.2 Å². The van der Waals surface area contributed by atoms with Crippen LogP contribution in [0.3, 0.4) is 0 Å². The van der Waals surface area contributed by atoms with Crippen molar-refractivity contribution >= 4 is 16.9 Å². The van der Waals surface area contributed by atoms with Crippen molar-refractivity contribution in [1.82, 2.24) is 19.0 Å².